The topological polar surface area (TPSA) is 23.3 Å². The normalized spacial score (nSPS) is 23.5. The number of hydrogen-bond donors (Lipinski definition) is 0. The first-order valence-corrected chi connectivity index (χ1v) is 9.48. The zero-order valence-corrected chi connectivity index (χ0v) is 14.6. The van der Waals surface area contributed by atoms with E-state index >= 15 is 0 Å². The summed E-state index contributed by atoms with van der Waals surface area (Å²) in [5.74, 6) is 0.120. The van der Waals surface area contributed by atoms with E-state index in [1.165, 1.54) is 10.7 Å². The second-order valence-corrected chi connectivity index (χ2v) is 7.25. The summed E-state index contributed by atoms with van der Waals surface area (Å²) in [6, 6.07) is 0. The Morgan fingerprint density at radius 2 is 2.15 bits per heavy atom. The highest BCUT2D eigenvalue weighted by Crippen LogP contribution is 2.35. The molecule has 2 aliphatic rings. The van der Waals surface area contributed by atoms with Crippen molar-refractivity contribution in [2.24, 2.45) is 0 Å². The van der Waals surface area contributed by atoms with Crippen LogP contribution in [0.2, 0.25) is 0 Å². The third-order valence-corrected chi connectivity index (χ3v) is 6.40. The fourth-order valence-corrected chi connectivity index (χ4v) is 4.91. The fraction of sp³-hybridized carbons (Fsp3) is 0.429. The van der Waals surface area contributed by atoms with E-state index in [4.69, 9.17) is 0 Å². The summed E-state index contributed by atoms with van der Waals surface area (Å²) in [6.07, 6.45) is 6.02. The van der Waals surface area contributed by atoms with Gasteiger partial charge in [-0.05, 0) is 56.3 Å². The molecule has 0 aromatic carbocycles. The first-order valence-electron chi connectivity index (χ1n) is 6.56. The van der Waals surface area contributed by atoms with E-state index in [-0.39, 0.29) is 5.91 Å². The molecule has 2 heterocycles. The minimum Gasteiger partial charge on any atom is -0.340 e. The molecule has 0 spiro atoms. The molecule has 0 aromatic heterocycles. The van der Waals surface area contributed by atoms with Crippen LogP contribution in [0.15, 0.2) is 33.2 Å². The van der Waals surface area contributed by atoms with Crippen molar-refractivity contribution in [1.29, 1.82) is 0 Å². The predicted molar refractivity (Wildman–Crippen MR) is 91.8 cm³/mol. The lowest BCUT2D eigenvalue weighted by atomic mass is 10.4. The first kappa shape index (κ1) is 15.8. The van der Waals surface area contributed by atoms with Crippen LogP contribution in [0.4, 0.5) is 0 Å². The highest BCUT2D eigenvalue weighted by atomic mass is 32.2. The third kappa shape index (κ3) is 3.02. The molecule has 0 radical (unpaired) electrons. The van der Waals surface area contributed by atoms with Crippen molar-refractivity contribution >= 4 is 45.6 Å². The van der Waals surface area contributed by atoms with Gasteiger partial charge in [0.25, 0.3) is 4.38 Å². The molecule has 1 amide bonds. The molecule has 108 valence electrons. The zero-order chi connectivity index (χ0) is 14.7. The van der Waals surface area contributed by atoms with Gasteiger partial charge in [0.15, 0.2) is 6.54 Å². The average molecular weight is 328 g/mol. The summed E-state index contributed by atoms with van der Waals surface area (Å²) in [6.45, 7) is 7.94. The summed E-state index contributed by atoms with van der Waals surface area (Å²) in [5, 5.41) is 3.33. The Morgan fingerprint density at radius 1 is 1.40 bits per heavy atom. The van der Waals surface area contributed by atoms with Crippen LogP contribution in [0.5, 0.6) is 0 Å². The van der Waals surface area contributed by atoms with Gasteiger partial charge in [-0.3, -0.25) is 0 Å². The molecular formula is C14H19N2OS3+. The van der Waals surface area contributed by atoms with Gasteiger partial charge in [0.2, 0.25) is 0 Å². The number of carbonyl (C=O) groups excluding carboxylic acids is 1. The van der Waals surface area contributed by atoms with Crippen molar-refractivity contribution < 1.29 is 9.37 Å². The Labute approximate surface area is 133 Å². The van der Waals surface area contributed by atoms with Crippen LogP contribution < -0.4 is 0 Å². The molecule has 0 atom stereocenters. The monoisotopic (exact) mass is 327 g/mol. The maximum absolute atomic E-state index is 12.3. The molecule has 0 N–H and O–H groups in total. The number of carbonyl (C=O) groups is 1. The van der Waals surface area contributed by atoms with E-state index in [0.717, 1.165) is 22.4 Å². The zero-order valence-electron chi connectivity index (χ0n) is 12.2. The van der Waals surface area contributed by atoms with Crippen molar-refractivity contribution in [3.8, 4) is 0 Å². The van der Waals surface area contributed by atoms with Crippen LogP contribution in [-0.2, 0) is 4.79 Å². The lowest BCUT2D eigenvalue weighted by Crippen LogP contribution is -2.18. The first-order chi connectivity index (χ1) is 9.62. The van der Waals surface area contributed by atoms with E-state index in [2.05, 4.69) is 30.2 Å². The number of thioether (sulfide) groups is 3. The number of likely N-dealkylation sites (N-methyl/N-ethyl adjacent to an activating group) is 1. The van der Waals surface area contributed by atoms with Crippen LogP contribution in [0.3, 0.4) is 0 Å². The van der Waals surface area contributed by atoms with Gasteiger partial charge in [0, 0.05) is 12.2 Å². The second-order valence-electron chi connectivity index (χ2n) is 4.28. The molecule has 0 saturated heterocycles. The standard InChI is InChI=1S/C14H19N2OS3/c1-5-15-10(3)9-19-12(15)8-7-11-13(17)16(6-2)14(18-4)20-11/h7-9H,5-6H2,1-4H3/q+1/b11-7-,12-8+. The lowest BCUT2D eigenvalue weighted by Gasteiger charge is -2.18. The van der Waals surface area contributed by atoms with Crippen LogP contribution in [-0.4, -0.2) is 39.1 Å². The van der Waals surface area contributed by atoms with Gasteiger partial charge in [-0.25, -0.2) is 4.79 Å². The molecule has 0 aromatic rings. The SMILES string of the molecule is CCN1C(C)=CS/C1=C/C=C1\SC(SC)=[N+](CC)C1=O. The van der Waals surface area contributed by atoms with Crippen molar-refractivity contribution in [3.05, 3.63) is 33.2 Å². The fourth-order valence-electron chi connectivity index (χ4n) is 2.07. The summed E-state index contributed by atoms with van der Waals surface area (Å²) >= 11 is 4.92. The molecule has 0 unspecified atom stereocenters. The van der Waals surface area contributed by atoms with Crippen LogP contribution in [0.1, 0.15) is 20.8 Å². The molecule has 3 nitrogen and oxygen atoms in total. The van der Waals surface area contributed by atoms with Gasteiger partial charge < -0.3 is 4.90 Å². The highest BCUT2D eigenvalue weighted by molar-refractivity contribution is 8.40. The summed E-state index contributed by atoms with van der Waals surface area (Å²) in [4.78, 5) is 15.3. The summed E-state index contributed by atoms with van der Waals surface area (Å²) in [7, 11) is 0. The minimum atomic E-state index is 0.120. The Kier molecular flexibility index (Phi) is 5.46. The largest absolute Gasteiger partial charge is 0.427 e. The van der Waals surface area contributed by atoms with Gasteiger partial charge in [-0.15, -0.1) is 4.58 Å². The van der Waals surface area contributed by atoms with Gasteiger partial charge in [0.05, 0.1) is 5.03 Å². The number of rotatable bonds is 3. The van der Waals surface area contributed by atoms with Gasteiger partial charge in [-0.2, -0.15) is 0 Å². The Morgan fingerprint density at radius 3 is 2.70 bits per heavy atom. The number of nitrogens with zero attached hydrogens (tertiary/aromatic N) is 2. The average Bonchev–Trinajstić information content (AvgIpc) is 2.96. The van der Waals surface area contributed by atoms with Crippen molar-refractivity contribution in [1.82, 2.24) is 4.90 Å². The number of allylic oxidation sites excluding steroid dienone is 3. The Balaban J connectivity index is 2.17. The Hall–Kier alpha value is -0.590. The molecular weight excluding hydrogens is 308 g/mol. The quantitative estimate of drug-likeness (QED) is 0.581. The maximum atomic E-state index is 12.3. The van der Waals surface area contributed by atoms with Gasteiger partial charge in [-0.1, -0.05) is 23.5 Å². The second kappa shape index (κ2) is 6.91. The van der Waals surface area contributed by atoms with E-state index in [0.29, 0.717) is 0 Å². The van der Waals surface area contributed by atoms with E-state index < -0.39 is 0 Å². The van der Waals surface area contributed by atoms with Gasteiger partial charge in [0.1, 0.15) is 4.91 Å². The van der Waals surface area contributed by atoms with E-state index in [1.54, 1.807) is 35.3 Å². The highest BCUT2D eigenvalue weighted by Gasteiger charge is 2.36. The smallest absolute Gasteiger partial charge is 0.340 e. The predicted octanol–water partition coefficient (Wildman–Crippen LogP) is 3.67. The molecule has 0 aliphatic carbocycles. The van der Waals surface area contributed by atoms with Gasteiger partial charge >= 0.3 is 5.91 Å². The van der Waals surface area contributed by atoms with Crippen molar-refractivity contribution in [2.75, 3.05) is 19.3 Å². The molecule has 2 aliphatic heterocycles. The summed E-state index contributed by atoms with van der Waals surface area (Å²) < 4.78 is 2.91. The van der Waals surface area contributed by atoms with Crippen molar-refractivity contribution in [2.45, 2.75) is 20.8 Å². The van der Waals surface area contributed by atoms with Crippen LogP contribution in [0.25, 0.3) is 0 Å². The maximum Gasteiger partial charge on any atom is 0.427 e. The van der Waals surface area contributed by atoms with E-state index in [1.807, 2.05) is 23.8 Å². The van der Waals surface area contributed by atoms with Crippen LogP contribution in [0, 0.1) is 0 Å². The molecule has 2 rings (SSSR count). The molecule has 0 saturated carbocycles. The van der Waals surface area contributed by atoms with E-state index in [9.17, 15) is 4.79 Å². The summed E-state index contributed by atoms with van der Waals surface area (Å²) in [5.41, 5.74) is 1.26. The number of amides is 1. The third-order valence-electron chi connectivity index (χ3n) is 3.10. The molecule has 20 heavy (non-hydrogen) atoms. The van der Waals surface area contributed by atoms with Crippen LogP contribution >= 0.6 is 35.3 Å². The lowest BCUT2D eigenvalue weighted by molar-refractivity contribution is -0.433. The Bertz CT molecular complexity index is 547. The molecule has 0 fully saturated rings. The van der Waals surface area contributed by atoms with Crippen molar-refractivity contribution in [3.63, 3.8) is 0 Å². The minimum absolute atomic E-state index is 0.120. The number of hydrogen-bond acceptors (Lipinski definition) is 5. The molecule has 6 heteroatoms. The molecule has 0 bridgehead atoms.